The van der Waals surface area contributed by atoms with Gasteiger partial charge in [0.05, 0.1) is 22.2 Å². The molecule has 0 saturated heterocycles. The smallest absolute Gasteiger partial charge is 0.340 e. The Labute approximate surface area is 197 Å². The van der Waals surface area contributed by atoms with Gasteiger partial charge in [0.25, 0.3) is 15.9 Å². The van der Waals surface area contributed by atoms with E-state index in [9.17, 15) is 18.0 Å². The van der Waals surface area contributed by atoms with Crippen molar-refractivity contribution >= 4 is 38.9 Å². The van der Waals surface area contributed by atoms with Gasteiger partial charge in [0.2, 0.25) is 0 Å². The molecule has 1 atom stereocenters. The molecule has 2 aromatic carbocycles. The lowest BCUT2D eigenvalue weighted by Gasteiger charge is -2.16. The van der Waals surface area contributed by atoms with Crippen LogP contribution in [0, 0.1) is 20.8 Å². The lowest BCUT2D eigenvalue weighted by molar-refractivity contribution is -0.124. The van der Waals surface area contributed by atoms with Crippen molar-refractivity contribution in [3.05, 3.63) is 81.0 Å². The van der Waals surface area contributed by atoms with E-state index in [1.807, 2.05) is 31.4 Å². The second-order valence-electron chi connectivity index (χ2n) is 7.76. The molecular weight excluding hydrogens is 460 g/mol. The molecule has 1 amide bonds. The van der Waals surface area contributed by atoms with Crippen LogP contribution in [0.1, 0.15) is 44.9 Å². The summed E-state index contributed by atoms with van der Waals surface area (Å²) < 4.78 is 33.9. The van der Waals surface area contributed by atoms with Crippen molar-refractivity contribution in [3.8, 4) is 0 Å². The molecule has 0 aliphatic rings. The highest BCUT2D eigenvalue weighted by Gasteiger charge is 2.23. The Kier molecular flexibility index (Phi) is 7.55. The number of nitrogens with one attached hydrogen (secondary N) is 2. The topological polar surface area (TPSA) is 102 Å². The second kappa shape index (κ2) is 10.2. The van der Waals surface area contributed by atoms with Crippen molar-refractivity contribution < 1.29 is 22.7 Å². The first-order valence-electron chi connectivity index (χ1n) is 10.3. The molecule has 0 saturated carbocycles. The number of amides is 1. The van der Waals surface area contributed by atoms with Crippen molar-refractivity contribution in [1.29, 1.82) is 0 Å². The molecule has 174 valence electrons. The molecule has 0 radical (unpaired) electrons. The number of para-hydroxylation sites is 1. The number of carbonyl (C=O) groups is 2. The molecule has 1 aromatic heterocycles. The zero-order valence-electron chi connectivity index (χ0n) is 18.8. The summed E-state index contributed by atoms with van der Waals surface area (Å²) in [6.45, 7) is 6.71. The number of anilines is 1. The second-order valence-corrected chi connectivity index (χ2v) is 10.4. The highest BCUT2D eigenvalue weighted by molar-refractivity contribution is 7.92. The summed E-state index contributed by atoms with van der Waals surface area (Å²) in [5.74, 6) is -1.25. The molecule has 0 fully saturated rings. The molecule has 1 unspecified atom stereocenters. The average molecular weight is 487 g/mol. The van der Waals surface area contributed by atoms with Crippen LogP contribution >= 0.6 is 11.3 Å². The highest BCUT2D eigenvalue weighted by Crippen LogP contribution is 2.26. The van der Waals surface area contributed by atoms with E-state index in [2.05, 4.69) is 10.0 Å². The third kappa shape index (κ3) is 6.00. The molecular formula is C24H26N2O5S2. The molecule has 33 heavy (non-hydrogen) atoms. The number of hydrogen-bond donors (Lipinski definition) is 2. The minimum Gasteiger partial charge on any atom is -0.452 e. The van der Waals surface area contributed by atoms with Gasteiger partial charge >= 0.3 is 5.97 Å². The summed E-state index contributed by atoms with van der Waals surface area (Å²) in [6.07, 6.45) is 0. The molecule has 2 N–H and O–H groups in total. The average Bonchev–Trinajstić information content (AvgIpc) is 3.26. The fraction of sp³-hybridized carbons (Fsp3) is 0.250. The molecule has 0 aliphatic heterocycles. The first-order chi connectivity index (χ1) is 15.6. The van der Waals surface area contributed by atoms with Crippen LogP contribution < -0.4 is 10.0 Å². The molecule has 3 rings (SSSR count). The molecule has 3 aromatic rings. The van der Waals surface area contributed by atoms with E-state index in [1.165, 1.54) is 23.5 Å². The number of rotatable bonds is 8. The SMILES string of the molecule is Cc1cc(C)c(S(=O)(=O)Nc2ccccc2C(=O)OCC(=O)NC(C)c2cccs2)c(C)c1. The van der Waals surface area contributed by atoms with Gasteiger partial charge in [0.15, 0.2) is 6.61 Å². The molecule has 0 aliphatic carbocycles. The quantitative estimate of drug-likeness (QED) is 0.456. The first-order valence-corrected chi connectivity index (χ1v) is 12.6. The van der Waals surface area contributed by atoms with Crippen LogP contribution in [0.5, 0.6) is 0 Å². The summed E-state index contributed by atoms with van der Waals surface area (Å²) in [5, 5.41) is 4.68. The van der Waals surface area contributed by atoms with E-state index >= 15 is 0 Å². The van der Waals surface area contributed by atoms with Crippen molar-refractivity contribution in [2.45, 2.75) is 38.6 Å². The normalized spacial score (nSPS) is 12.1. The largest absolute Gasteiger partial charge is 0.452 e. The summed E-state index contributed by atoms with van der Waals surface area (Å²) in [5.41, 5.74) is 2.27. The van der Waals surface area contributed by atoms with Gasteiger partial charge in [-0.05, 0) is 62.4 Å². The van der Waals surface area contributed by atoms with Crippen LogP contribution in [0.3, 0.4) is 0 Å². The predicted octanol–water partition coefficient (Wildman–Crippen LogP) is 4.51. The fourth-order valence-corrected chi connectivity index (χ4v) is 5.91. The van der Waals surface area contributed by atoms with Crippen LogP contribution in [-0.2, 0) is 19.6 Å². The van der Waals surface area contributed by atoms with Crippen LogP contribution in [0.4, 0.5) is 5.69 Å². The minimum absolute atomic E-state index is 0.0163. The lowest BCUT2D eigenvalue weighted by atomic mass is 10.1. The Balaban J connectivity index is 1.72. The summed E-state index contributed by atoms with van der Waals surface area (Å²) in [6, 6.07) is 13.3. The van der Waals surface area contributed by atoms with E-state index < -0.39 is 28.5 Å². The summed E-state index contributed by atoms with van der Waals surface area (Å²) in [7, 11) is -3.96. The maximum Gasteiger partial charge on any atom is 0.340 e. The molecule has 0 spiro atoms. The zero-order valence-corrected chi connectivity index (χ0v) is 20.5. The van der Waals surface area contributed by atoms with Crippen LogP contribution in [0.2, 0.25) is 0 Å². The number of hydrogen-bond acceptors (Lipinski definition) is 6. The van der Waals surface area contributed by atoms with E-state index in [0.29, 0.717) is 11.1 Å². The first kappa shape index (κ1) is 24.5. The summed E-state index contributed by atoms with van der Waals surface area (Å²) >= 11 is 1.51. The summed E-state index contributed by atoms with van der Waals surface area (Å²) in [4.78, 5) is 26.0. The van der Waals surface area contributed by atoms with Gasteiger partial charge in [-0.3, -0.25) is 9.52 Å². The number of aryl methyl sites for hydroxylation is 3. The Hall–Kier alpha value is -3.17. The Bertz CT molecular complexity index is 1240. The molecule has 7 nitrogen and oxygen atoms in total. The molecule has 9 heteroatoms. The van der Waals surface area contributed by atoms with Crippen LogP contribution in [-0.4, -0.2) is 26.9 Å². The van der Waals surface area contributed by atoms with Gasteiger partial charge in [-0.2, -0.15) is 0 Å². The van der Waals surface area contributed by atoms with Gasteiger partial charge in [-0.1, -0.05) is 35.9 Å². The standard InChI is InChI=1S/C24H26N2O5S2/c1-15-12-16(2)23(17(3)13-15)33(29,30)26-20-9-6-5-8-19(20)24(28)31-14-22(27)25-18(4)21-10-7-11-32-21/h5-13,18,26H,14H2,1-4H3,(H,25,27). The zero-order chi connectivity index (χ0) is 24.2. The van der Waals surface area contributed by atoms with Gasteiger partial charge in [0.1, 0.15) is 0 Å². The Morgan fingerprint density at radius 1 is 1.03 bits per heavy atom. The van der Waals surface area contributed by atoms with Crippen molar-refractivity contribution in [3.63, 3.8) is 0 Å². The van der Waals surface area contributed by atoms with Gasteiger partial charge < -0.3 is 10.1 Å². The maximum atomic E-state index is 13.1. The van der Waals surface area contributed by atoms with Crippen molar-refractivity contribution in [2.24, 2.45) is 0 Å². The number of thiophene rings is 1. The molecule has 0 bridgehead atoms. The van der Waals surface area contributed by atoms with E-state index in [-0.39, 0.29) is 22.2 Å². The van der Waals surface area contributed by atoms with E-state index in [1.54, 1.807) is 38.1 Å². The van der Waals surface area contributed by atoms with Gasteiger partial charge in [-0.15, -0.1) is 11.3 Å². The number of benzene rings is 2. The number of esters is 1. The predicted molar refractivity (Wildman–Crippen MR) is 129 cm³/mol. The van der Waals surface area contributed by atoms with E-state index in [0.717, 1.165) is 10.4 Å². The Morgan fingerprint density at radius 2 is 1.70 bits per heavy atom. The highest BCUT2D eigenvalue weighted by atomic mass is 32.2. The number of carbonyl (C=O) groups excluding carboxylic acids is 2. The number of sulfonamides is 1. The Morgan fingerprint density at radius 3 is 2.33 bits per heavy atom. The van der Waals surface area contributed by atoms with Crippen LogP contribution in [0.15, 0.2) is 58.8 Å². The van der Waals surface area contributed by atoms with Crippen molar-refractivity contribution in [1.82, 2.24) is 5.32 Å². The third-order valence-electron chi connectivity index (χ3n) is 4.95. The van der Waals surface area contributed by atoms with Crippen LogP contribution in [0.25, 0.3) is 0 Å². The minimum atomic E-state index is -3.96. The van der Waals surface area contributed by atoms with Gasteiger partial charge in [0, 0.05) is 4.88 Å². The monoisotopic (exact) mass is 486 g/mol. The molecule has 1 heterocycles. The third-order valence-corrected chi connectivity index (χ3v) is 7.67. The number of ether oxygens (including phenoxy) is 1. The lowest BCUT2D eigenvalue weighted by Crippen LogP contribution is -2.31. The van der Waals surface area contributed by atoms with E-state index in [4.69, 9.17) is 4.74 Å². The maximum absolute atomic E-state index is 13.1. The van der Waals surface area contributed by atoms with Crippen molar-refractivity contribution in [2.75, 3.05) is 11.3 Å². The van der Waals surface area contributed by atoms with Gasteiger partial charge in [-0.25, -0.2) is 13.2 Å². The fourth-order valence-electron chi connectivity index (χ4n) is 3.64.